The Morgan fingerprint density at radius 3 is 2.52 bits per heavy atom. The maximum Gasteiger partial charge on any atom is 0.119 e. The first-order chi connectivity index (χ1) is 13.1. The number of rotatable bonds is 9. The van der Waals surface area contributed by atoms with Gasteiger partial charge in [0.1, 0.15) is 5.75 Å². The highest BCUT2D eigenvalue weighted by atomic mass is 35.5. The Kier molecular flexibility index (Phi) is 7.06. The number of nitrogens with one attached hydrogen (secondary N) is 1. The van der Waals surface area contributed by atoms with Gasteiger partial charge in [-0.2, -0.15) is 0 Å². The van der Waals surface area contributed by atoms with Crippen molar-refractivity contribution < 1.29 is 4.74 Å². The molecular formula is C22H26Cl2N2O. The second-order valence-electron chi connectivity index (χ2n) is 6.76. The largest absolute Gasteiger partial charge is 0.494 e. The molecule has 5 heteroatoms. The van der Waals surface area contributed by atoms with Crippen molar-refractivity contribution in [1.29, 1.82) is 0 Å². The minimum atomic E-state index is 0.642. The maximum atomic E-state index is 6.44. The molecule has 27 heavy (non-hydrogen) atoms. The lowest BCUT2D eigenvalue weighted by atomic mass is 10.00. The second-order valence-corrected chi connectivity index (χ2v) is 7.60. The van der Waals surface area contributed by atoms with E-state index in [2.05, 4.69) is 24.0 Å². The summed E-state index contributed by atoms with van der Waals surface area (Å²) in [5.74, 6) is 0.897. The number of aromatic amines is 1. The van der Waals surface area contributed by atoms with Gasteiger partial charge in [0.15, 0.2) is 0 Å². The van der Waals surface area contributed by atoms with Gasteiger partial charge in [-0.25, -0.2) is 0 Å². The molecule has 2 aromatic carbocycles. The summed E-state index contributed by atoms with van der Waals surface area (Å²) < 4.78 is 5.78. The monoisotopic (exact) mass is 404 g/mol. The van der Waals surface area contributed by atoms with Crippen LogP contribution in [0.3, 0.4) is 0 Å². The van der Waals surface area contributed by atoms with Crippen molar-refractivity contribution >= 4 is 34.1 Å². The van der Waals surface area contributed by atoms with Crippen molar-refractivity contribution in [3.63, 3.8) is 0 Å². The van der Waals surface area contributed by atoms with Gasteiger partial charge in [-0.15, -0.1) is 0 Å². The summed E-state index contributed by atoms with van der Waals surface area (Å²) in [6.07, 6.45) is 5.14. The van der Waals surface area contributed by atoms with Gasteiger partial charge in [0.05, 0.1) is 17.1 Å². The minimum Gasteiger partial charge on any atom is -0.494 e. The highest BCUT2D eigenvalue weighted by Crippen LogP contribution is 2.37. The number of unbranched alkanes of at least 4 members (excludes halogenated alkanes) is 2. The number of aryl methyl sites for hydroxylation is 1. The van der Waals surface area contributed by atoms with E-state index in [9.17, 15) is 0 Å². The molecule has 0 atom stereocenters. The summed E-state index contributed by atoms with van der Waals surface area (Å²) in [5, 5.41) is 2.38. The van der Waals surface area contributed by atoms with Crippen molar-refractivity contribution in [1.82, 2.24) is 4.98 Å². The molecule has 3 N–H and O–H groups in total. The van der Waals surface area contributed by atoms with Crippen LogP contribution >= 0.6 is 23.2 Å². The fraction of sp³-hybridized carbons (Fsp3) is 0.364. The molecule has 3 rings (SSSR count). The van der Waals surface area contributed by atoms with Gasteiger partial charge in [0, 0.05) is 16.1 Å². The molecule has 0 amide bonds. The van der Waals surface area contributed by atoms with Crippen molar-refractivity contribution in [2.24, 2.45) is 5.73 Å². The van der Waals surface area contributed by atoms with Gasteiger partial charge in [-0.1, -0.05) is 36.5 Å². The molecule has 1 aromatic heterocycles. The van der Waals surface area contributed by atoms with Crippen LogP contribution in [0.25, 0.3) is 22.2 Å². The van der Waals surface area contributed by atoms with Crippen LogP contribution in [0, 0.1) is 0 Å². The topological polar surface area (TPSA) is 51.0 Å². The molecule has 0 aliphatic carbocycles. The minimum absolute atomic E-state index is 0.642. The van der Waals surface area contributed by atoms with Crippen molar-refractivity contribution in [2.75, 3.05) is 13.2 Å². The zero-order chi connectivity index (χ0) is 19.2. The SMILES string of the molecule is CCCCOc1ccc(-c2[nH]c3c(Cl)cc(Cl)cc3c2CCCCN)cc1. The first kappa shape index (κ1) is 20.1. The number of nitrogens with two attached hydrogens (primary N) is 1. The molecule has 0 radical (unpaired) electrons. The Labute approximate surface area is 170 Å². The van der Waals surface area contributed by atoms with Gasteiger partial charge in [-0.05, 0) is 79.8 Å². The first-order valence-electron chi connectivity index (χ1n) is 9.57. The smallest absolute Gasteiger partial charge is 0.119 e. The maximum absolute atomic E-state index is 6.44. The van der Waals surface area contributed by atoms with E-state index < -0.39 is 0 Å². The number of halogens is 2. The number of H-pyrrole nitrogens is 1. The van der Waals surface area contributed by atoms with Gasteiger partial charge in [-0.3, -0.25) is 0 Å². The van der Waals surface area contributed by atoms with E-state index in [1.54, 1.807) is 6.07 Å². The molecule has 144 valence electrons. The molecule has 0 aliphatic heterocycles. The molecule has 0 saturated carbocycles. The van der Waals surface area contributed by atoms with Crippen molar-refractivity contribution in [3.8, 4) is 17.0 Å². The summed E-state index contributed by atoms with van der Waals surface area (Å²) in [7, 11) is 0. The molecule has 3 aromatic rings. The van der Waals surface area contributed by atoms with Crippen LogP contribution in [-0.4, -0.2) is 18.1 Å². The average molecular weight is 405 g/mol. The van der Waals surface area contributed by atoms with E-state index in [0.29, 0.717) is 16.6 Å². The van der Waals surface area contributed by atoms with Crippen LogP contribution in [0.15, 0.2) is 36.4 Å². The Morgan fingerprint density at radius 2 is 1.81 bits per heavy atom. The third-order valence-corrected chi connectivity index (χ3v) is 5.24. The lowest BCUT2D eigenvalue weighted by molar-refractivity contribution is 0.309. The number of fused-ring (bicyclic) bond motifs is 1. The predicted molar refractivity (Wildman–Crippen MR) is 116 cm³/mol. The summed E-state index contributed by atoms with van der Waals surface area (Å²) in [6.45, 7) is 3.61. The van der Waals surface area contributed by atoms with Crippen LogP contribution in [0.4, 0.5) is 0 Å². The van der Waals surface area contributed by atoms with Crippen LogP contribution in [-0.2, 0) is 6.42 Å². The molecule has 0 fully saturated rings. The van der Waals surface area contributed by atoms with E-state index in [1.807, 2.05) is 18.2 Å². The Morgan fingerprint density at radius 1 is 1.04 bits per heavy atom. The van der Waals surface area contributed by atoms with Crippen LogP contribution in [0.2, 0.25) is 10.0 Å². The molecule has 3 nitrogen and oxygen atoms in total. The number of hydrogen-bond donors (Lipinski definition) is 2. The van der Waals surface area contributed by atoms with Crippen LogP contribution in [0.5, 0.6) is 5.75 Å². The average Bonchev–Trinajstić information content (AvgIpc) is 3.02. The fourth-order valence-corrected chi connectivity index (χ4v) is 3.82. The van der Waals surface area contributed by atoms with Crippen LogP contribution < -0.4 is 10.5 Å². The third-order valence-electron chi connectivity index (χ3n) is 4.72. The zero-order valence-electron chi connectivity index (χ0n) is 15.7. The third kappa shape index (κ3) is 4.78. The number of hydrogen-bond acceptors (Lipinski definition) is 2. The van der Waals surface area contributed by atoms with E-state index in [4.69, 9.17) is 33.7 Å². The quantitative estimate of drug-likeness (QED) is 0.394. The highest BCUT2D eigenvalue weighted by molar-refractivity contribution is 6.38. The Balaban J connectivity index is 1.96. The molecule has 0 spiro atoms. The predicted octanol–water partition coefficient (Wildman–Crippen LogP) is 6.60. The fourth-order valence-electron chi connectivity index (χ4n) is 3.28. The van der Waals surface area contributed by atoms with E-state index in [-0.39, 0.29) is 0 Å². The lowest BCUT2D eigenvalue weighted by Gasteiger charge is -2.08. The molecule has 0 bridgehead atoms. The van der Waals surface area contributed by atoms with Crippen molar-refractivity contribution in [2.45, 2.75) is 39.0 Å². The van der Waals surface area contributed by atoms with E-state index >= 15 is 0 Å². The highest BCUT2D eigenvalue weighted by Gasteiger charge is 2.16. The lowest BCUT2D eigenvalue weighted by Crippen LogP contribution is -1.99. The van der Waals surface area contributed by atoms with E-state index in [1.165, 1.54) is 5.56 Å². The summed E-state index contributed by atoms with van der Waals surface area (Å²) >= 11 is 12.7. The van der Waals surface area contributed by atoms with Gasteiger partial charge in [0.25, 0.3) is 0 Å². The Bertz CT molecular complexity index is 887. The number of ether oxygens (including phenoxy) is 1. The van der Waals surface area contributed by atoms with Crippen LogP contribution in [0.1, 0.15) is 38.2 Å². The van der Waals surface area contributed by atoms with Crippen molar-refractivity contribution in [3.05, 3.63) is 52.0 Å². The standard InChI is InChI=1S/C22H26Cl2N2O/c1-2-3-12-27-17-9-7-15(8-10-17)21-18(6-4-5-11-25)19-13-16(23)14-20(24)22(19)26-21/h7-10,13-14,26H,2-6,11-12,25H2,1H3. The molecule has 0 unspecified atom stereocenters. The summed E-state index contributed by atoms with van der Waals surface area (Å²) in [5.41, 5.74) is 10.1. The normalized spacial score (nSPS) is 11.3. The zero-order valence-corrected chi connectivity index (χ0v) is 17.2. The van der Waals surface area contributed by atoms with Gasteiger partial charge < -0.3 is 15.5 Å². The molecular weight excluding hydrogens is 379 g/mol. The van der Waals surface area contributed by atoms with E-state index in [0.717, 1.165) is 66.6 Å². The van der Waals surface area contributed by atoms with Gasteiger partial charge >= 0.3 is 0 Å². The number of aromatic nitrogens is 1. The Hall–Kier alpha value is -1.68. The molecule has 0 saturated heterocycles. The first-order valence-corrected chi connectivity index (χ1v) is 10.3. The molecule has 1 heterocycles. The summed E-state index contributed by atoms with van der Waals surface area (Å²) in [6, 6.07) is 12.0. The van der Waals surface area contributed by atoms with Gasteiger partial charge in [0.2, 0.25) is 0 Å². The molecule has 0 aliphatic rings. The summed E-state index contributed by atoms with van der Waals surface area (Å²) in [4.78, 5) is 3.51. The number of benzene rings is 2. The second kappa shape index (κ2) is 9.50.